The number of sulfone groups is 1. The quantitative estimate of drug-likeness (QED) is 0.839. The Morgan fingerprint density at radius 3 is 2.00 bits per heavy atom. The standard InChI is InChI=1S/C16H15F3O2S/c1-12(11-22(20,21)15-5-3-2-4-6-15)13-7-9-14(10-8-13)16(17,18)19/h2-10,12H,11H2,1H3/t12-/m0/s1. The van der Waals surface area contributed by atoms with Gasteiger partial charge in [0.1, 0.15) is 0 Å². The second kappa shape index (κ2) is 6.12. The Morgan fingerprint density at radius 2 is 1.50 bits per heavy atom. The molecule has 0 saturated carbocycles. The highest BCUT2D eigenvalue weighted by molar-refractivity contribution is 7.91. The monoisotopic (exact) mass is 328 g/mol. The minimum absolute atomic E-state index is 0.150. The van der Waals surface area contributed by atoms with Gasteiger partial charge in [-0.1, -0.05) is 37.3 Å². The summed E-state index contributed by atoms with van der Waals surface area (Å²) in [5.41, 5.74) is -0.179. The average Bonchev–Trinajstić information content (AvgIpc) is 2.47. The summed E-state index contributed by atoms with van der Waals surface area (Å²) >= 11 is 0. The van der Waals surface area contributed by atoms with Crippen molar-refractivity contribution in [1.82, 2.24) is 0 Å². The van der Waals surface area contributed by atoms with Crippen LogP contribution in [0.25, 0.3) is 0 Å². The highest BCUT2D eigenvalue weighted by Crippen LogP contribution is 2.30. The van der Waals surface area contributed by atoms with Crippen molar-refractivity contribution in [3.63, 3.8) is 0 Å². The van der Waals surface area contributed by atoms with Gasteiger partial charge >= 0.3 is 6.18 Å². The fourth-order valence-electron chi connectivity index (χ4n) is 2.15. The summed E-state index contributed by atoms with van der Waals surface area (Å²) in [7, 11) is -3.47. The van der Waals surface area contributed by atoms with E-state index in [0.717, 1.165) is 12.1 Å². The van der Waals surface area contributed by atoms with E-state index in [4.69, 9.17) is 0 Å². The minimum atomic E-state index is -4.39. The molecule has 0 aliphatic carbocycles. The normalized spacial score (nSPS) is 13.8. The summed E-state index contributed by atoms with van der Waals surface area (Å²) in [5.74, 6) is -0.546. The van der Waals surface area contributed by atoms with Gasteiger partial charge in [-0.2, -0.15) is 13.2 Å². The molecule has 0 saturated heterocycles. The van der Waals surface area contributed by atoms with Crippen LogP contribution in [0.5, 0.6) is 0 Å². The van der Waals surface area contributed by atoms with E-state index >= 15 is 0 Å². The number of hydrogen-bond acceptors (Lipinski definition) is 2. The van der Waals surface area contributed by atoms with E-state index < -0.39 is 27.5 Å². The summed E-state index contributed by atoms with van der Waals surface area (Å²) in [6, 6.07) is 12.6. The van der Waals surface area contributed by atoms with Gasteiger partial charge in [0.25, 0.3) is 0 Å². The van der Waals surface area contributed by atoms with E-state index in [9.17, 15) is 21.6 Å². The lowest BCUT2D eigenvalue weighted by Gasteiger charge is -2.14. The molecule has 0 aliphatic heterocycles. The summed E-state index contributed by atoms with van der Waals surface area (Å²) in [6.07, 6.45) is -4.39. The van der Waals surface area contributed by atoms with Gasteiger partial charge in [0.05, 0.1) is 16.2 Å². The van der Waals surface area contributed by atoms with Crippen molar-refractivity contribution < 1.29 is 21.6 Å². The largest absolute Gasteiger partial charge is 0.416 e. The lowest BCUT2D eigenvalue weighted by molar-refractivity contribution is -0.137. The van der Waals surface area contributed by atoms with Crippen LogP contribution in [0.2, 0.25) is 0 Å². The molecule has 2 nitrogen and oxygen atoms in total. The van der Waals surface area contributed by atoms with E-state index in [0.29, 0.717) is 5.56 Å². The molecule has 0 N–H and O–H groups in total. The Morgan fingerprint density at radius 1 is 0.955 bits per heavy atom. The number of benzene rings is 2. The van der Waals surface area contributed by atoms with Crippen LogP contribution >= 0.6 is 0 Å². The van der Waals surface area contributed by atoms with E-state index in [1.807, 2.05) is 0 Å². The van der Waals surface area contributed by atoms with E-state index in [2.05, 4.69) is 0 Å². The van der Waals surface area contributed by atoms with Gasteiger partial charge in [-0.25, -0.2) is 8.42 Å². The maximum atomic E-state index is 12.5. The lowest BCUT2D eigenvalue weighted by Crippen LogP contribution is -2.13. The molecule has 22 heavy (non-hydrogen) atoms. The zero-order valence-electron chi connectivity index (χ0n) is 11.8. The van der Waals surface area contributed by atoms with Crippen LogP contribution < -0.4 is 0 Å². The molecular weight excluding hydrogens is 313 g/mol. The third-order valence-electron chi connectivity index (χ3n) is 3.38. The third kappa shape index (κ3) is 3.88. The third-order valence-corrected chi connectivity index (χ3v) is 5.31. The first-order chi connectivity index (χ1) is 10.2. The second-order valence-corrected chi connectivity index (χ2v) is 7.15. The summed E-state index contributed by atoms with van der Waals surface area (Å²) in [6.45, 7) is 1.68. The van der Waals surface area contributed by atoms with Gasteiger partial charge in [-0.15, -0.1) is 0 Å². The highest BCUT2D eigenvalue weighted by atomic mass is 32.2. The van der Waals surface area contributed by atoms with E-state index in [1.165, 1.54) is 24.3 Å². The summed E-state index contributed by atoms with van der Waals surface area (Å²) in [5, 5.41) is 0. The van der Waals surface area contributed by atoms with Gasteiger partial charge in [-0.3, -0.25) is 0 Å². The number of alkyl halides is 3. The Labute approximate surface area is 127 Å². The van der Waals surface area contributed by atoms with Crippen molar-refractivity contribution in [2.24, 2.45) is 0 Å². The fraction of sp³-hybridized carbons (Fsp3) is 0.250. The highest BCUT2D eigenvalue weighted by Gasteiger charge is 2.30. The predicted molar refractivity (Wildman–Crippen MR) is 78.4 cm³/mol. The Hall–Kier alpha value is -1.82. The molecule has 0 aliphatic rings. The van der Waals surface area contributed by atoms with E-state index in [-0.39, 0.29) is 10.6 Å². The molecule has 0 spiro atoms. The average molecular weight is 328 g/mol. The van der Waals surface area contributed by atoms with Crippen molar-refractivity contribution in [3.8, 4) is 0 Å². The number of rotatable bonds is 4. The van der Waals surface area contributed by atoms with Crippen LogP contribution in [0.3, 0.4) is 0 Å². The van der Waals surface area contributed by atoms with Gasteiger partial charge < -0.3 is 0 Å². The maximum absolute atomic E-state index is 12.5. The number of hydrogen-bond donors (Lipinski definition) is 0. The second-order valence-electron chi connectivity index (χ2n) is 5.12. The van der Waals surface area contributed by atoms with Gasteiger partial charge in [-0.05, 0) is 35.7 Å². The summed E-state index contributed by atoms with van der Waals surface area (Å²) in [4.78, 5) is 0.216. The first-order valence-corrected chi connectivity index (χ1v) is 8.30. The molecule has 0 unspecified atom stereocenters. The van der Waals surface area contributed by atoms with Crippen LogP contribution in [0.15, 0.2) is 59.5 Å². The van der Waals surface area contributed by atoms with Crippen molar-refractivity contribution in [3.05, 3.63) is 65.7 Å². The van der Waals surface area contributed by atoms with Crippen molar-refractivity contribution >= 4 is 9.84 Å². The molecular formula is C16H15F3O2S. The van der Waals surface area contributed by atoms with Crippen LogP contribution in [0.4, 0.5) is 13.2 Å². The van der Waals surface area contributed by atoms with Crippen LogP contribution in [-0.2, 0) is 16.0 Å². The molecule has 2 rings (SSSR count). The molecule has 1 atom stereocenters. The smallest absolute Gasteiger partial charge is 0.224 e. The van der Waals surface area contributed by atoms with Gasteiger partial charge in [0, 0.05) is 0 Å². The van der Waals surface area contributed by atoms with E-state index in [1.54, 1.807) is 25.1 Å². The molecule has 0 amide bonds. The van der Waals surface area contributed by atoms with Crippen molar-refractivity contribution in [2.75, 3.05) is 5.75 Å². The molecule has 0 bridgehead atoms. The van der Waals surface area contributed by atoms with Gasteiger partial charge in [0.15, 0.2) is 9.84 Å². The topological polar surface area (TPSA) is 34.1 Å². The first-order valence-electron chi connectivity index (χ1n) is 6.65. The van der Waals surface area contributed by atoms with Crippen LogP contribution in [0.1, 0.15) is 24.0 Å². The SMILES string of the molecule is C[C@@H](CS(=O)(=O)c1ccccc1)c1ccc(C(F)(F)F)cc1. The lowest BCUT2D eigenvalue weighted by atomic mass is 10.0. The zero-order valence-corrected chi connectivity index (χ0v) is 12.7. The molecule has 0 radical (unpaired) electrons. The van der Waals surface area contributed by atoms with Crippen LogP contribution in [-0.4, -0.2) is 14.2 Å². The molecule has 0 aromatic heterocycles. The van der Waals surface area contributed by atoms with Crippen molar-refractivity contribution in [2.45, 2.75) is 23.9 Å². The van der Waals surface area contributed by atoms with Crippen LogP contribution in [0, 0.1) is 0 Å². The Kier molecular flexibility index (Phi) is 4.60. The molecule has 6 heteroatoms. The first kappa shape index (κ1) is 16.5. The maximum Gasteiger partial charge on any atom is 0.416 e. The Bertz CT molecular complexity index is 720. The minimum Gasteiger partial charge on any atom is -0.224 e. The number of halogens is 3. The molecule has 2 aromatic rings. The zero-order chi connectivity index (χ0) is 16.4. The molecule has 2 aromatic carbocycles. The molecule has 0 heterocycles. The fourth-order valence-corrected chi connectivity index (χ4v) is 3.76. The van der Waals surface area contributed by atoms with Crippen molar-refractivity contribution in [1.29, 1.82) is 0 Å². The van der Waals surface area contributed by atoms with Gasteiger partial charge in [0.2, 0.25) is 0 Å². The Balaban J connectivity index is 2.17. The summed E-state index contributed by atoms with van der Waals surface area (Å²) < 4.78 is 62.1. The molecule has 118 valence electrons. The molecule has 0 fully saturated rings. The predicted octanol–water partition coefficient (Wildman–Crippen LogP) is 4.28.